The monoisotopic (exact) mass is 413 g/mol. The molecule has 0 bridgehead atoms. The average molecular weight is 413 g/mol. The molecule has 30 heavy (non-hydrogen) atoms. The maximum absolute atomic E-state index is 13.0. The molecule has 2 heterocycles. The van der Waals surface area contributed by atoms with E-state index in [9.17, 15) is 9.18 Å². The summed E-state index contributed by atoms with van der Waals surface area (Å²) >= 11 is 0. The molecule has 8 heteroatoms. The van der Waals surface area contributed by atoms with E-state index in [1.807, 2.05) is 13.1 Å². The Bertz CT molecular complexity index is 935. The SMILES string of the molecule is Cc1noc(CCCC(=O)N(C)CCCCCc2cc(-c3ccc(F)cc3)n[nH]2)n1. The Labute approximate surface area is 175 Å². The molecule has 0 unspecified atom stereocenters. The van der Waals surface area contributed by atoms with Crippen LogP contribution >= 0.6 is 0 Å². The number of benzene rings is 1. The van der Waals surface area contributed by atoms with Gasteiger partial charge in [-0.2, -0.15) is 10.1 Å². The number of amides is 1. The van der Waals surface area contributed by atoms with Crippen LogP contribution < -0.4 is 0 Å². The summed E-state index contributed by atoms with van der Waals surface area (Å²) < 4.78 is 18.1. The highest BCUT2D eigenvalue weighted by atomic mass is 19.1. The molecule has 3 rings (SSSR count). The first-order valence-electron chi connectivity index (χ1n) is 10.3. The van der Waals surface area contributed by atoms with Crippen LogP contribution in [0.5, 0.6) is 0 Å². The number of unbranched alkanes of at least 4 members (excludes halogenated alkanes) is 2. The quantitative estimate of drug-likeness (QED) is 0.478. The number of carbonyl (C=O) groups excluding carboxylic acids is 1. The molecular weight excluding hydrogens is 385 g/mol. The molecule has 0 saturated carbocycles. The van der Waals surface area contributed by atoms with E-state index in [0.717, 1.165) is 49.2 Å². The zero-order chi connectivity index (χ0) is 21.3. The number of aromatic amines is 1. The van der Waals surface area contributed by atoms with Crippen LogP contribution in [0.1, 0.15) is 49.5 Å². The van der Waals surface area contributed by atoms with Gasteiger partial charge in [0.15, 0.2) is 5.82 Å². The van der Waals surface area contributed by atoms with Crippen LogP contribution in [0.3, 0.4) is 0 Å². The normalized spacial score (nSPS) is 11.0. The minimum absolute atomic E-state index is 0.142. The third kappa shape index (κ3) is 6.50. The van der Waals surface area contributed by atoms with E-state index in [4.69, 9.17) is 4.52 Å². The molecule has 1 N–H and O–H groups in total. The van der Waals surface area contributed by atoms with Crippen molar-refractivity contribution in [1.82, 2.24) is 25.2 Å². The van der Waals surface area contributed by atoms with Crippen LogP contribution in [0.2, 0.25) is 0 Å². The predicted octanol–water partition coefficient (Wildman–Crippen LogP) is 4.10. The summed E-state index contributed by atoms with van der Waals surface area (Å²) in [5.41, 5.74) is 2.79. The van der Waals surface area contributed by atoms with Gasteiger partial charge in [0.1, 0.15) is 5.82 Å². The fraction of sp³-hybridized carbons (Fsp3) is 0.455. The Kier molecular flexibility index (Phi) is 7.70. The lowest BCUT2D eigenvalue weighted by Gasteiger charge is -2.16. The first kappa shape index (κ1) is 21.7. The number of nitrogens with one attached hydrogen (secondary N) is 1. The van der Waals surface area contributed by atoms with Crippen molar-refractivity contribution < 1.29 is 13.7 Å². The van der Waals surface area contributed by atoms with E-state index < -0.39 is 0 Å². The maximum Gasteiger partial charge on any atom is 0.226 e. The lowest BCUT2D eigenvalue weighted by molar-refractivity contribution is -0.130. The van der Waals surface area contributed by atoms with Crippen molar-refractivity contribution in [3.05, 3.63) is 53.6 Å². The van der Waals surface area contributed by atoms with Crippen LogP contribution in [0, 0.1) is 12.7 Å². The van der Waals surface area contributed by atoms with Crippen LogP contribution in [0.25, 0.3) is 11.3 Å². The summed E-state index contributed by atoms with van der Waals surface area (Å²) in [7, 11) is 1.85. The second kappa shape index (κ2) is 10.7. The summed E-state index contributed by atoms with van der Waals surface area (Å²) in [6.45, 7) is 2.53. The summed E-state index contributed by atoms with van der Waals surface area (Å²) in [5, 5.41) is 11.1. The van der Waals surface area contributed by atoms with Crippen molar-refractivity contribution in [3.8, 4) is 11.3 Å². The highest BCUT2D eigenvalue weighted by molar-refractivity contribution is 5.75. The first-order chi connectivity index (χ1) is 14.5. The lowest BCUT2D eigenvalue weighted by atomic mass is 10.1. The molecule has 0 spiro atoms. The summed E-state index contributed by atoms with van der Waals surface area (Å²) in [6.07, 6.45) is 5.73. The maximum atomic E-state index is 13.0. The third-order valence-electron chi connectivity index (χ3n) is 4.99. The smallest absolute Gasteiger partial charge is 0.226 e. The van der Waals surface area contributed by atoms with Gasteiger partial charge in [-0.25, -0.2) is 4.39 Å². The second-order valence-corrected chi connectivity index (χ2v) is 7.50. The standard InChI is InChI=1S/C22H28FN5O2/c1-16-24-21(30-27-16)8-6-9-22(29)28(2)14-5-3-4-7-19-15-20(26-25-19)17-10-12-18(23)13-11-17/h10-13,15H,3-9,14H2,1-2H3,(H,25,26). The van der Waals surface area contributed by atoms with E-state index in [2.05, 4.69) is 20.3 Å². The van der Waals surface area contributed by atoms with E-state index in [1.54, 1.807) is 24.0 Å². The molecule has 1 amide bonds. The van der Waals surface area contributed by atoms with Crippen LogP contribution in [-0.4, -0.2) is 44.7 Å². The molecule has 0 fully saturated rings. The summed E-state index contributed by atoms with van der Waals surface area (Å²) in [4.78, 5) is 18.1. The van der Waals surface area contributed by atoms with Gasteiger partial charge >= 0.3 is 0 Å². The van der Waals surface area contributed by atoms with Gasteiger partial charge in [0.05, 0.1) is 5.69 Å². The van der Waals surface area contributed by atoms with E-state index in [0.29, 0.717) is 31.0 Å². The predicted molar refractivity (Wildman–Crippen MR) is 111 cm³/mol. The highest BCUT2D eigenvalue weighted by Gasteiger charge is 2.10. The molecule has 160 valence electrons. The molecule has 3 aromatic rings. The van der Waals surface area contributed by atoms with Crippen molar-refractivity contribution >= 4 is 5.91 Å². The number of aromatic nitrogens is 4. The minimum atomic E-state index is -0.250. The van der Waals surface area contributed by atoms with Gasteiger partial charge in [0, 0.05) is 37.7 Å². The topological polar surface area (TPSA) is 87.9 Å². The van der Waals surface area contributed by atoms with Gasteiger partial charge in [-0.1, -0.05) is 11.6 Å². The number of aryl methyl sites for hydroxylation is 3. The first-order valence-corrected chi connectivity index (χ1v) is 10.3. The van der Waals surface area contributed by atoms with Crippen molar-refractivity contribution in [2.75, 3.05) is 13.6 Å². The molecule has 0 aliphatic heterocycles. The number of hydrogen-bond donors (Lipinski definition) is 1. The molecule has 0 aliphatic rings. The lowest BCUT2D eigenvalue weighted by Crippen LogP contribution is -2.27. The number of carbonyl (C=O) groups is 1. The Balaban J connectivity index is 1.29. The Morgan fingerprint density at radius 2 is 1.93 bits per heavy atom. The molecule has 0 saturated heterocycles. The van der Waals surface area contributed by atoms with Gasteiger partial charge in [0.2, 0.25) is 11.8 Å². The Morgan fingerprint density at radius 1 is 1.13 bits per heavy atom. The van der Waals surface area contributed by atoms with E-state index in [1.165, 1.54) is 12.1 Å². The van der Waals surface area contributed by atoms with Gasteiger partial charge in [-0.3, -0.25) is 9.89 Å². The van der Waals surface area contributed by atoms with Crippen molar-refractivity contribution in [3.63, 3.8) is 0 Å². The molecule has 0 aliphatic carbocycles. The van der Waals surface area contributed by atoms with Crippen molar-refractivity contribution in [2.45, 2.75) is 51.9 Å². The number of rotatable bonds is 11. The second-order valence-electron chi connectivity index (χ2n) is 7.50. The fourth-order valence-corrected chi connectivity index (χ4v) is 3.25. The number of nitrogens with zero attached hydrogens (tertiary/aromatic N) is 4. The van der Waals surface area contributed by atoms with Crippen molar-refractivity contribution in [1.29, 1.82) is 0 Å². The van der Waals surface area contributed by atoms with Gasteiger partial charge in [-0.15, -0.1) is 0 Å². The zero-order valence-electron chi connectivity index (χ0n) is 17.5. The fourth-order valence-electron chi connectivity index (χ4n) is 3.25. The molecular formula is C22H28FN5O2. The Morgan fingerprint density at radius 3 is 2.67 bits per heavy atom. The molecule has 2 aromatic heterocycles. The number of halogens is 1. The van der Waals surface area contributed by atoms with Crippen LogP contribution in [0.15, 0.2) is 34.9 Å². The molecule has 7 nitrogen and oxygen atoms in total. The van der Waals surface area contributed by atoms with Crippen molar-refractivity contribution in [2.24, 2.45) is 0 Å². The van der Waals surface area contributed by atoms with Crippen LogP contribution in [0.4, 0.5) is 4.39 Å². The van der Waals surface area contributed by atoms with Crippen LogP contribution in [-0.2, 0) is 17.6 Å². The minimum Gasteiger partial charge on any atom is -0.346 e. The molecule has 0 atom stereocenters. The summed E-state index contributed by atoms with van der Waals surface area (Å²) in [5.74, 6) is 1.10. The molecule has 1 aromatic carbocycles. The molecule has 0 radical (unpaired) electrons. The van der Waals surface area contributed by atoms with Gasteiger partial charge < -0.3 is 9.42 Å². The number of H-pyrrole nitrogens is 1. The van der Waals surface area contributed by atoms with E-state index in [-0.39, 0.29) is 11.7 Å². The zero-order valence-corrected chi connectivity index (χ0v) is 17.5. The number of hydrogen-bond acceptors (Lipinski definition) is 5. The third-order valence-corrected chi connectivity index (χ3v) is 4.99. The summed E-state index contributed by atoms with van der Waals surface area (Å²) in [6, 6.07) is 8.34. The largest absolute Gasteiger partial charge is 0.346 e. The highest BCUT2D eigenvalue weighted by Crippen LogP contribution is 2.19. The van der Waals surface area contributed by atoms with E-state index >= 15 is 0 Å². The van der Waals surface area contributed by atoms with Gasteiger partial charge in [0.25, 0.3) is 0 Å². The van der Waals surface area contributed by atoms with Gasteiger partial charge in [-0.05, 0) is 62.9 Å². The average Bonchev–Trinajstić information content (AvgIpc) is 3.37. The Hall–Kier alpha value is -3.03.